The molecule has 0 atom stereocenters. The summed E-state index contributed by atoms with van der Waals surface area (Å²) in [6, 6.07) is 6.19. The van der Waals surface area contributed by atoms with Crippen LogP contribution in [0.2, 0.25) is 0 Å². The summed E-state index contributed by atoms with van der Waals surface area (Å²) in [5, 5.41) is 10.4. The van der Waals surface area contributed by atoms with Gasteiger partial charge in [-0.2, -0.15) is 0 Å². The van der Waals surface area contributed by atoms with Gasteiger partial charge in [0.1, 0.15) is 0 Å². The van der Waals surface area contributed by atoms with Crippen LogP contribution in [0, 0.1) is 0 Å². The molecule has 4 rings (SSSR count). The number of anilines is 2. The van der Waals surface area contributed by atoms with E-state index in [1.165, 1.54) is 0 Å². The van der Waals surface area contributed by atoms with Crippen molar-refractivity contribution in [1.82, 2.24) is 15.6 Å². The van der Waals surface area contributed by atoms with Crippen LogP contribution in [-0.2, 0) is 9.47 Å². The number of rotatable bonds is 7. The number of piperazine rings is 1. The van der Waals surface area contributed by atoms with E-state index in [-0.39, 0.29) is 24.3 Å². The van der Waals surface area contributed by atoms with Crippen molar-refractivity contribution in [3.63, 3.8) is 0 Å². The second-order valence-electron chi connectivity index (χ2n) is 10.3. The molecule has 10 heteroatoms. The SMILES string of the molecule is CC(C)OC(=O)Nc1ccc(-c2cnc(C3CCC(NC(=O)OC(C)C)CC3)s2)c(N2CCNCC2)c1. The van der Waals surface area contributed by atoms with Gasteiger partial charge in [0.05, 0.1) is 22.1 Å². The van der Waals surface area contributed by atoms with Gasteiger partial charge in [-0.05, 0) is 71.6 Å². The van der Waals surface area contributed by atoms with Crippen molar-refractivity contribution in [2.45, 2.75) is 77.5 Å². The lowest BCUT2D eigenvalue weighted by Crippen LogP contribution is -2.43. The van der Waals surface area contributed by atoms with Gasteiger partial charge in [0.15, 0.2) is 0 Å². The predicted molar refractivity (Wildman–Crippen MR) is 148 cm³/mol. The number of aromatic nitrogens is 1. The lowest BCUT2D eigenvalue weighted by Gasteiger charge is -2.31. The zero-order chi connectivity index (χ0) is 26.4. The number of thiazole rings is 1. The van der Waals surface area contributed by atoms with E-state index in [0.717, 1.165) is 78.7 Å². The topological polar surface area (TPSA) is 105 Å². The maximum atomic E-state index is 12.2. The Balaban J connectivity index is 1.46. The molecule has 1 aromatic heterocycles. The second kappa shape index (κ2) is 12.6. The summed E-state index contributed by atoms with van der Waals surface area (Å²) in [5.41, 5.74) is 2.94. The summed E-state index contributed by atoms with van der Waals surface area (Å²) >= 11 is 1.74. The molecule has 2 amide bonds. The molecule has 2 aromatic rings. The number of alkyl carbamates (subject to hydrolysis) is 1. The number of hydrogen-bond acceptors (Lipinski definition) is 8. The highest BCUT2D eigenvalue weighted by molar-refractivity contribution is 7.15. The number of amides is 2. The zero-order valence-electron chi connectivity index (χ0n) is 22.2. The minimum atomic E-state index is -0.448. The van der Waals surface area contributed by atoms with Crippen LogP contribution in [0.15, 0.2) is 24.4 Å². The van der Waals surface area contributed by atoms with Crippen LogP contribution >= 0.6 is 11.3 Å². The molecule has 0 bridgehead atoms. The first-order valence-electron chi connectivity index (χ1n) is 13.3. The first-order chi connectivity index (χ1) is 17.8. The molecule has 202 valence electrons. The van der Waals surface area contributed by atoms with E-state index in [0.29, 0.717) is 5.92 Å². The third-order valence-corrected chi connectivity index (χ3v) is 7.77. The Labute approximate surface area is 223 Å². The van der Waals surface area contributed by atoms with Gasteiger partial charge in [-0.15, -0.1) is 11.3 Å². The smallest absolute Gasteiger partial charge is 0.411 e. The molecule has 1 saturated carbocycles. The number of carbonyl (C=O) groups excluding carboxylic acids is 2. The van der Waals surface area contributed by atoms with Crippen molar-refractivity contribution < 1.29 is 19.1 Å². The normalized spacial score (nSPS) is 20.1. The molecule has 2 heterocycles. The Bertz CT molecular complexity index is 1060. The quantitative estimate of drug-likeness (QED) is 0.445. The van der Waals surface area contributed by atoms with Crippen LogP contribution in [0.1, 0.15) is 64.3 Å². The lowest BCUT2D eigenvalue weighted by molar-refractivity contribution is 0.109. The molecule has 0 spiro atoms. The molecule has 1 saturated heterocycles. The van der Waals surface area contributed by atoms with Gasteiger partial charge in [-0.25, -0.2) is 14.6 Å². The highest BCUT2D eigenvalue weighted by Crippen LogP contribution is 2.41. The number of nitrogens with zero attached hydrogens (tertiary/aromatic N) is 2. The van der Waals surface area contributed by atoms with Crippen molar-refractivity contribution in [3.05, 3.63) is 29.4 Å². The van der Waals surface area contributed by atoms with Crippen LogP contribution in [0.25, 0.3) is 10.4 Å². The maximum Gasteiger partial charge on any atom is 0.411 e. The van der Waals surface area contributed by atoms with E-state index in [1.54, 1.807) is 11.3 Å². The second-order valence-corrected chi connectivity index (χ2v) is 11.3. The number of ether oxygens (including phenoxy) is 2. The summed E-state index contributed by atoms with van der Waals surface area (Å²) in [6.45, 7) is 11.0. The minimum absolute atomic E-state index is 0.116. The number of benzene rings is 1. The van der Waals surface area contributed by atoms with Gasteiger partial charge in [-0.3, -0.25) is 5.32 Å². The lowest BCUT2D eigenvalue weighted by atomic mass is 9.86. The van der Waals surface area contributed by atoms with Crippen LogP contribution in [0.4, 0.5) is 21.0 Å². The van der Waals surface area contributed by atoms with Crippen molar-refractivity contribution in [1.29, 1.82) is 0 Å². The Morgan fingerprint density at radius 1 is 1.03 bits per heavy atom. The van der Waals surface area contributed by atoms with E-state index >= 15 is 0 Å². The van der Waals surface area contributed by atoms with Crippen molar-refractivity contribution in [2.24, 2.45) is 0 Å². The molecule has 0 unspecified atom stereocenters. The minimum Gasteiger partial charge on any atom is -0.447 e. The van der Waals surface area contributed by atoms with E-state index in [1.807, 2.05) is 46.0 Å². The molecule has 1 aliphatic carbocycles. The first kappa shape index (κ1) is 27.2. The maximum absolute atomic E-state index is 12.2. The predicted octanol–water partition coefficient (Wildman–Crippen LogP) is 5.34. The van der Waals surface area contributed by atoms with E-state index in [2.05, 4.69) is 26.9 Å². The van der Waals surface area contributed by atoms with Gasteiger partial charge < -0.3 is 25.0 Å². The van der Waals surface area contributed by atoms with Gasteiger partial charge in [0.25, 0.3) is 0 Å². The van der Waals surface area contributed by atoms with Crippen LogP contribution in [-0.4, -0.2) is 61.6 Å². The molecule has 37 heavy (non-hydrogen) atoms. The van der Waals surface area contributed by atoms with Gasteiger partial charge in [0, 0.05) is 61.3 Å². The third kappa shape index (κ3) is 7.58. The number of hydrogen-bond donors (Lipinski definition) is 3. The van der Waals surface area contributed by atoms with Crippen molar-refractivity contribution >= 4 is 34.9 Å². The van der Waals surface area contributed by atoms with Crippen molar-refractivity contribution in [2.75, 3.05) is 36.4 Å². The molecular weight excluding hydrogens is 490 g/mol. The zero-order valence-corrected chi connectivity index (χ0v) is 23.0. The molecular formula is C27H39N5O4S. The van der Waals surface area contributed by atoms with Gasteiger partial charge in [-0.1, -0.05) is 0 Å². The summed E-state index contributed by atoms with van der Waals surface area (Å²) in [6.07, 6.45) is 4.73. The molecule has 2 aliphatic rings. The van der Waals surface area contributed by atoms with E-state index in [9.17, 15) is 9.59 Å². The molecule has 0 radical (unpaired) electrons. The Morgan fingerprint density at radius 3 is 2.38 bits per heavy atom. The Morgan fingerprint density at radius 2 is 1.70 bits per heavy atom. The molecule has 1 aliphatic heterocycles. The third-order valence-electron chi connectivity index (χ3n) is 6.57. The highest BCUT2D eigenvalue weighted by atomic mass is 32.1. The molecule has 1 aromatic carbocycles. The molecule has 2 fully saturated rings. The van der Waals surface area contributed by atoms with Gasteiger partial charge >= 0.3 is 12.2 Å². The number of nitrogens with one attached hydrogen (secondary N) is 3. The largest absolute Gasteiger partial charge is 0.447 e. The Kier molecular flexibility index (Phi) is 9.26. The average molecular weight is 530 g/mol. The monoisotopic (exact) mass is 529 g/mol. The van der Waals surface area contributed by atoms with Crippen LogP contribution in [0.3, 0.4) is 0 Å². The number of carbonyl (C=O) groups is 2. The van der Waals surface area contributed by atoms with Crippen molar-refractivity contribution in [3.8, 4) is 10.4 Å². The fourth-order valence-corrected chi connectivity index (χ4v) is 5.97. The van der Waals surface area contributed by atoms with E-state index in [4.69, 9.17) is 14.5 Å². The fraction of sp³-hybridized carbons (Fsp3) is 0.593. The molecule has 3 N–H and O–H groups in total. The van der Waals surface area contributed by atoms with Gasteiger partial charge in [0.2, 0.25) is 0 Å². The summed E-state index contributed by atoms with van der Waals surface area (Å²) in [7, 11) is 0. The summed E-state index contributed by atoms with van der Waals surface area (Å²) in [5.74, 6) is 0.396. The highest BCUT2D eigenvalue weighted by Gasteiger charge is 2.27. The van der Waals surface area contributed by atoms with Crippen LogP contribution in [0.5, 0.6) is 0 Å². The summed E-state index contributed by atoms with van der Waals surface area (Å²) in [4.78, 5) is 32.4. The van der Waals surface area contributed by atoms with Crippen LogP contribution < -0.4 is 20.9 Å². The first-order valence-corrected chi connectivity index (χ1v) is 14.1. The standard InChI is InChI=1S/C27H39N5O4S/c1-17(2)35-26(33)30-20-7-5-19(6-8-20)25-29-16-24(37-25)22-10-9-21(31-27(34)36-18(3)4)15-23(22)32-13-11-28-12-14-32/h9-10,15-20,28H,5-8,11-14H2,1-4H3,(H,30,33)(H,31,34). The Hall–Kier alpha value is -2.85. The summed E-state index contributed by atoms with van der Waals surface area (Å²) < 4.78 is 10.5. The average Bonchev–Trinajstić information content (AvgIpc) is 3.34. The molecule has 9 nitrogen and oxygen atoms in total. The fourth-order valence-electron chi connectivity index (χ4n) is 4.85. The van der Waals surface area contributed by atoms with E-state index < -0.39 is 6.09 Å².